The maximum absolute atomic E-state index is 12.6. The molecule has 0 spiro atoms. The second-order valence-electron chi connectivity index (χ2n) is 5.97. The van der Waals surface area contributed by atoms with Gasteiger partial charge in [0, 0.05) is 11.6 Å². The lowest BCUT2D eigenvalue weighted by molar-refractivity contribution is -0.144. The van der Waals surface area contributed by atoms with Crippen molar-refractivity contribution in [2.75, 3.05) is 14.2 Å². The Morgan fingerprint density at radius 1 is 1.04 bits per heavy atom. The summed E-state index contributed by atoms with van der Waals surface area (Å²) in [4.78, 5) is 39.2. The molecule has 7 heteroatoms. The van der Waals surface area contributed by atoms with E-state index in [2.05, 4.69) is 0 Å². The van der Waals surface area contributed by atoms with Gasteiger partial charge in [-0.15, -0.1) is 0 Å². The molecule has 0 radical (unpaired) electrons. The summed E-state index contributed by atoms with van der Waals surface area (Å²) in [6.07, 6.45) is 3.47. The molecule has 1 aromatic carbocycles. The van der Waals surface area contributed by atoms with Crippen LogP contribution in [-0.4, -0.2) is 47.9 Å². The van der Waals surface area contributed by atoms with Crippen molar-refractivity contribution < 1.29 is 23.9 Å². The molecule has 2 aliphatic rings. The third-order valence-corrected chi connectivity index (χ3v) is 4.59. The fourth-order valence-corrected chi connectivity index (χ4v) is 3.32. The molecule has 1 heterocycles. The van der Waals surface area contributed by atoms with Crippen molar-refractivity contribution in [2.45, 2.75) is 38.3 Å². The maximum atomic E-state index is 12.6. The van der Waals surface area contributed by atoms with E-state index in [4.69, 9.17) is 9.47 Å². The van der Waals surface area contributed by atoms with Crippen molar-refractivity contribution in [3.05, 3.63) is 23.8 Å². The van der Waals surface area contributed by atoms with Crippen LogP contribution in [0, 0.1) is 0 Å². The molecular weight excluding hydrogens is 312 g/mol. The first-order valence-corrected chi connectivity index (χ1v) is 7.96. The number of carbonyl (C=O) groups excluding carboxylic acids is 3. The Hall–Kier alpha value is -2.57. The van der Waals surface area contributed by atoms with Gasteiger partial charge in [-0.05, 0) is 31.0 Å². The standard InChI is InChI=1S/C17H20N2O5/c1-23-13-7-8-14(24-2)11(9-13)10-18-15(20)16(21)19(17(18)22)12-5-3-4-6-12/h7-9,12H,3-6,10H2,1-2H3. The molecule has 1 aromatic rings. The Balaban J connectivity index is 1.86. The lowest BCUT2D eigenvalue weighted by Gasteiger charge is -2.21. The Bertz CT molecular complexity index is 682. The summed E-state index contributed by atoms with van der Waals surface area (Å²) >= 11 is 0. The van der Waals surface area contributed by atoms with E-state index in [1.54, 1.807) is 18.2 Å². The van der Waals surface area contributed by atoms with E-state index in [9.17, 15) is 14.4 Å². The molecule has 3 rings (SSSR count). The quantitative estimate of drug-likeness (QED) is 0.608. The van der Waals surface area contributed by atoms with E-state index in [-0.39, 0.29) is 12.6 Å². The number of ether oxygens (including phenoxy) is 2. The summed E-state index contributed by atoms with van der Waals surface area (Å²) in [5.74, 6) is -0.391. The van der Waals surface area contributed by atoms with Gasteiger partial charge in [-0.2, -0.15) is 0 Å². The molecule has 1 saturated carbocycles. The van der Waals surface area contributed by atoms with Crippen molar-refractivity contribution in [3.8, 4) is 11.5 Å². The predicted molar refractivity (Wildman–Crippen MR) is 84.6 cm³/mol. The molecule has 0 bridgehead atoms. The minimum atomic E-state index is -0.781. The first-order valence-electron chi connectivity index (χ1n) is 7.96. The number of carbonyl (C=O) groups is 3. The monoisotopic (exact) mass is 332 g/mol. The molecular formula is C17H20N2O5. The topological polar surface area (TPSA) is 76.2 Å². The summed E-state index contributed by atoms with van der Waals surface area (Å²) in [6.45, 7) is -0.0208. The maximum Gasteiger partial charge on any atom is 0.334 e. The molecule has 1 saturated heterocycles. The molecule has 0 atom stereocenters. The zero-order valence-electron chi connectivity index (χ0n) is 13.8. The average Bonchev–Trinajstić information content (AvgIpc) is 3.18. The van der Waals surface area contributed by atoms with Crippen molar-refractivity contribution in [3.63, 3.8) is 0 Å². The van der Waals surface area contributed by atoms with Gasteiger partial charge in [-0.25, -0.2) is 4.79 Å². The lowest BCUT2D eigenvalue weighted by Crippen LogP contribution is -2.39. The summed E-state index contributed by atoms with van der Waals surface area (Å²) in [5, 5.41) is 0. The molecule has 7 nitrogen and oxygen atoms in total. The predicted octanol–water partition coefficient (Wildman–Crippen LogP) is 1.94. The molecule has 128 valence electrons. The smallest absolute Gasteiger partial charge is 0.334 e. The molecule has 1 aliphatic carbocycles. The van der Waals surface area contributed by atoms with Crippen molar-refractivity contribution in [1.82, 2.24) is 9.80 Å². The number of methoxy groups -OCH3 is 2. The van der Waals surface area contributed by atoms with Crippen LogP contribution in [0.2, 0.25) is 0 Å². The van der Waals surface area contributed by atoms with E-state index >= 15 is 0 Å². The number of benzene rings is 1. The van der Waals surface area contributed by atoms with E-state index in [1.165, 1.54) is 14.2 Å². The van der Waals surface area contributed by atoms with Crippen LogP contribution in [0.3, 0.4) is 0 Å². The normalized spacial score (nSPS) is 18.7. The highest BCUT2D eigenvalue weighted by Gasteiger charge is 2.48. The van der Waals surface area contributed by atoms with Gasteiger partial charge in [0.05, 0.1) is 20.8 Å². The number of hydrogen-bond donors (Lipinski definition) is 0. The zero-order chi connectivity index (χ0) is 17.3. The Morgan fingerprint density at radius 3 is 2.38 bits per heavy atom. The third-order valence-electron chi connectivity index (χ3n) is 4.59. The Labute approximate surface area is 140 Å². The second kappa shape index (κ2) is 6.51. The van der Waals surface area contributed by atoms with Crippen molar-refractivity contribution in [1.29, 1.82) is 0 Å². The zero-order valence-corrected chi connectivity index (χ0v) is 13.8. The number of amides is 4. The molecule has 0 unspecified atom stereocenters. The first-order chi connectivity index (χ1) is 11.6. The van der Waals surface area contributed by atoms with E-state index in [0.29, 0.717) is 17.1 Å². The number of hydrogen-bond acceptors (Lipinski definition) is 5. The number of nitrogens with zero attached hydrogens (tertiary/aromatic N) is 2. The van der Waals surface area contributed by atoms with Gasteiger partial charge >= 0.3 is 17.8 Å². The van der Waals surface area contributed by atoms with Gasteiger partial charge < -0.3 is 9.47 Å². The van der Waals surface area contributed by atoms with Gasteiger partial charge in [0.15, 0.2) is 0 Å². The minimum Gasteiger partial charge on any atom is -0.497 e. The second-order valence-corrected chi connectivity index (χ2v) is 5.97. The van der Waals surface area contributed by atoms with Crippen molar-refractivity contribution >= 4 is 17.8 Å². The highest BCUT2D eigenvalue weighted by Crippen LogP contribution is 2.30. The van der Waals surface area contributed by atoms with Crippen LogP contribution in [0.5, 0.6) is 11.5 Å². The van der Waals surface area contributed by atoms with E-state index in [1.807, 2.05) is 0 Å². The van der Waals surface area contributed by atoms with Crippen LogP contribution >= 0.6 is 0 Å². The summed E-state index contributed by atoms with van der Waals surface area (Å²) in [6, 6.07) is 4.43. The number of rotatable bonds is 5. The fourth-order valence-electron chi connectivity index (χ4n) is 3.32. The van der Waals surface area contributed by atoms with Crippen LogP contribution in [0.4, 0.5) is 4.79 Å². The van der Waals surface area contributed by atoms with E-state index < -0.39 is 17.8 Å². The summed E-state index contributed by atoms with van der Waals surface area (Å²) in [5.41, 5.74) is 0.611. The van der Waals surface area contributed by atoms with Gasteiger partial charge in [0.25, 0.3) is 0 Å². The van der Waals surface area contributed by atoms with Gasteiger partial charge in [-0.3, -0.25) is 19.4 Å². The summed E-state index contributed by atoms with van der Waals surface area (Å²) in [7, 11) is 3.04. The molecule has 0 aromatic heterocycles. The minimum absolute atomic E-state index is 0.0208. The third kappa shape index (κ3) is 2.70. The van der Waals surface area contributed by atoms with Gasteiger partial charge in [0.2, 0.25) is 0 Å². The van der Waals surface area contributed by atoms with Gasteiger partial charge in [-0.1, -0.05) is 12.8 Å². The molecule has 1 aliphatic heterocycles. The Morgan fingerprint density at radius 2 is 1.75 bits per heavy atom. The first kappa shape index (κ1) is 16.3. The molecule has 2 fully saturated rings. The van der Waals surface area contributed by atoms with Crippen LogP contribution < -0.4 is 9.47 Å². The number of urea groups is 1. The van der Waals surface area contributed by atoms with E-state index in [0.717, 1.165) is 35.5 Å². The number of imide groups is 2. The van der Waals surface area contributed by atoms with Gasteiger partial charge in [0.1, 0.15) is 11.5 Å². The van der Waals surface area contributed by atoms with Crippen LogP contribution in [-0.2, 0) is 16.1 Å². The summed E-state index contributed by atoms with van der Waals surface area (Å²) < 4.78 is 10.5. The van der Waals surface area contributed by atoms with Crippen molar-refractivity contribution in [2.24, 2.45) is 0 Å². The largest absolute Gasteiger partial charge is 0.497 e. The fraction of sp³-hybridized carbons (Fsp3) is 0.471. The van der Waals surface area contributed by atoms with Crippen LogP contribution in [0.1, 0.15) is 31.2 Å². The molecule has 4 amide bonds. The SMILES string of the molecule is COc1ccc(OC)c(CN2C(=O)C(=O)N(C3CCCC3)C2=O)c1. The van der Waals surface area contributed by atoms with Crippen LogP contribution in [0.25, 0.3) is 0 Å². The molecule has 24 heavy (non-hydrogen) atoms. The molecule has 0 N–H and O–H groups in total. The lowest BCUT2D eigenvalue weighted by atomic mass is 10.1. The average molecular weight is 332 g/mol. The highest BCUT2D eigenvalue weighted by molar-refractivity contribution is 6.44. The Kier molecular flexibility index (Phi) is 4.42. The highest BCUT2D eigenvalue weighted by atomic mass is 16.5. The van der Waals surface area contributed by atoms with Crippen LogP contribution in [0.15, 0.2) is 18.2 Å².